The quantitative estimate of drug-likeness (QED) is 0.651. The Balaban J connectivity index is 1.85. The fourth-order valence-electron chi connectivity index (χ4n) is 2.85. The van der Waals surface area contributed by atoms with Gasteiger partial charge in [0.25, 0.3) is 0 Å². The summed E-state index contributed by atoms with van der Waals surface area (Å²) in [5.74, 6) is 0.982. The molecule has 2 nitrogen and oxygen atoms in total. The molecule has 2 rings (SSSR count). The molecule has 0 bridgehead atoms. The summed E-state index contributed by atoms with van der Waals surface area (Å²) >= 11 is 0. The maximum Gasteiger partial charge on any atom is 0.00985 e. The lowest BCUT2D eigenvalue weighted by Crippen LogP contribution is -2.33. The minimum Gasteiger partial charge on any atom is -0.330 e. The maximum absolute atomic E-state index is 5.56. The normalized spacial score (nSPS) is 41.2. The van der Waals surface area contributed by atoms with E-state index in [0.29, 0.717) is 0 Å². The van der Waals surface area contributed by atoms with Crippen LogP contribution in [-0.2, 0) is 0 Å². The van der Waals surface area contributed by atoms with Gasteiger partial charge in [-0.1, -0.05) is 12.8 Å². The molecule has 0 aromatic carbocycles. The van der Waals surface area contributed by atoms with Gasteiger partial charge in [-0.3, -0.25) is 0 Å². The second-order valence-electron chi connectivity index (χ2n) is 4.33. The van der Waals surface area contributed by atoms with Gasteiger partial charge in [0.15, 0.2) is 0 Å². The lowest BCUT2D eigenvalue weighted by atomic mass is 9.85. The number of nitrogens with two attached hydrogens (primary N) is 1. The van der Waals surface area contributed by atoms with E-state index in [4.69, 9.17) is 5.73 Å². The molecule has 1 aliphatic heterocycles. The molecule has 0 spiro atoms. The lowest BCUT2D eigenvalue weighted by molar-refractivity contribution is 0.325. The minimum absolute atomic E-state index is 0.739. The fourth-order valence-corrected chi connectivity index (χ4v) is 2.85. The third kappa shape index (κ3) is 1.64. The van der Waals surface area contributed by atoms with Gasteiger partial charge in [-0.05, 0) is 38.1 Å². The Morgan fingerprint density at radius 1 is 1.25 bits per heavy atom. The first-order valence-corrected chi connectivity index (χ1v) is 5.36. The Morgan fingerprint density at radius 3 is 2.83 bits per heavy atom. The van der Waals surface area contributed by atoms with E-state index in [2.05, 4.69) is 5.32 Å². The Kier molecular flexibility index (Phi) is 2.66. The summed E-state index contributed by atoms with van der Waals surface area (Å²) in [5.41, 5.74) is 5.56. The Hall–Kier alpha value is -0.0800. The van der Waals surface area contributed by atoms with Crippen LogP contribution < -0.4 is 11.1 Å². The van der Waals surface area contributed by atoms with Gasteiger partial charge in [-0.15, -0.1) is 0 Å². The van der Waals surface area contributed by atoms with Gasteiger partial charge in [0.1, 0.15) is 0 Å². The zero-order valence-electron chi connectivity index (χ0n) is 7.76. The summed E-state index contributed by atoms with van der Waals surface area (Å²) in [6.07, 6.45) is 8.32. The molecular weight excluding hydrogens is 148 g/mol. The smallest absolute Gasteiger partial charge is 0.00985 e. The molecule has 0 aromatic heterocycles. The van der Waals surface area contributed by atoms with Crippen LogP contribution in [0.2, 0.25) is 0 Å². The van der Waals surface area contributed by atoms with E-state index in [9.17, 15) is 0 Å². The first-order chi connectivity index (χ1) is 5.90. The van der Waals surface area contributed by atoms with Gasteiger partial charge < -0.3 is 11.1 Å². The van der Waals surface area contributed by atoms with E-state index in [1.54, 1.807) is 0 Å². The Labute approximate surface area is 74.9 Å². The highest BCUT2D eigenvalue weighted by molar-refractivity contribution is 4.92. The summed E-state index contributed by atoms with van der Waals surface area (Å²) in [6.45, 7) is 0.844. The van der Waals surface area contributed by atoms with Crippen LogP contribution in [0.25, 0.3) is 0 Å². The van der Waals surface area contributed by atoms with Gasteiger partial charge in [0, 0.05) is 12.1 Å². The van der Waals surface area contributed by atoms with E-state index in [1.165, 1.54) is 38.5 Å². The van der Waals surface area contributed by atoms with Gasteiger partial charge in [0.05, 0.1) is 0 Å². The molecule has 1 saturated heterocycles. The summed E-state index contributed by atoms with van der Waals surface area (Å²) in [6, 6.07) is 1.58. The number of hydrogen-bond acceptors (Lipinski definition) is 2. The highest BCUT2D eigenvalue weighted by Gasteiger charge is 2.34. The first kappa shape index (κ1) is 8.52. The van der Waals surface area contributed by atoms with Crippen molar-refractivity contribution in [2.75, 3.05) is 6.54 Å². The molecule has 0 aromatic rings. The van der Waals surface area contributed by atoms with Crippen LogP contribution in [0, 0.1) is 5.92 Å². The average Bonchev–Trinajstić information content (AvgIpc) is 2.47. The molecule has 0 unspecified atom stereocenters. The summed E-state index contributed by atoms with van der Waals surface area (Å²) in [4.78, 5) is 0. The minimum atomic E-state index is 0.739. The lowest BCUT2D eigenvalue weighted by Gasteiger charge is -2.24. The SMILES string of the molecule is NCC[C@@H]1C[C@@H]2CCCC[C@@H]2N1. The van der Waals surface area contributed by atoms with Crippen molar-refractivity contribution in [2.24, 2.45) is 11.7 Å². The molecule has 70 valence electrons. The Bertz CT molecular complexity index is 133. The molecule has 1 heterocycles. The molecule has 1 aliphatic carbocycles. The number of fused-ring (bicyclic) bond motifs is 1. The topological polar surface area (TPSA) is 38.0 Å². The van der Waals surface area contributed by atoms with Crippen molar-refractivity contribution in [1.29, 1.82) is 0 Å². The molecule has 2 heteroatoms. The van der Waals surface area contributed by atoms with Crippen LogP contribution in [0.1, 0.15) is 38.5 Å². The van der Waals surface area contributed by atoms with Crippen molar-refractivity contribution in [3.05, 3.63) is 0 Å². The molecular formula is C10H20N2. The van der Waals surface area contributed by atoms with Crippen LogP contribution in [0.3, 0.4) is 0 Å². The number of nitrogens with one attached hydrogen (secondary N) is 1. The van der Waals surface area contributed by atoms with E-state index in [0.717, 1.165) is 24.5 Å². The fraction of sp³-hybridized carbons (Fsp3) is 1.00. The molecule has 3 atom stereocenters. The summed E-state index contributed by atoms with van der Waals surface area (Å²) in [7, 11) is 0. The van der Waals surface area contributed by atoms with Crippen LogP contribution in [0.5, 0.6) is 0 Å². The van der Waals surface area contributed by atoms with E-state index in [-0.39, 0.29) is 0 Å². The zero-order chi connectivity index (χ0) is 8.39. The first-order valence-electron chi connectivity index (χ1n) is 5.36. The summed E-state index contributed by atoms with van der Waals surface area (Å²) < 4.78 is 0. The molecule has 12 heavy (non-hydrogen) atoms. The Morgan fingerprint density at radius 2 is 2.08 bits per heavy atom. The molecule has 1 saturated carbocycles. The number of rotatable bonds is 2. The van der Waals surface area contributed by atoms with Crippen molar-refractivity contribution < 1.29 is 0 Å². The zero-order valence-corrected chi connectivity index (χ0v) is 7.76. The monoisotopic (exact) mass is 168 g/mol. The maximum atomic E-state index is 5.56. The van der Waals surface area contributed by atoms with E-state index in [1.807, 2.05) is 0 Å². The van der Waals surface area contributed by atoms with Crippen molar-refractivity contribution in [3.8, 4) is 0 Å². The van der Waals surface area contributed by atoms with Crippen molar-refractivity contribution in [1.82, 2.24) is 5.32 Å². The second kappa shape index (κ2) is 3.75. The molecule has 3 N–H and O–H groups in total. The van der Waals surface area contributed by atoms with Gasteiger partial charge >= 0.3 is 0 Å². The van der Waals surface area contributed by atoms with Crippen LogP contribution in [-0.4, -0.2) is 18.6 Å². The van der Waals surface area contributed by atoms with Crippen LogP contribution >= 0.6 is 0 Å². The third-order valence-corrected chi connectivity index (χ3v) is 3.46. The highest BCUT2D eigenvalue weighted by atomic mass is 15.0. The molecule has 2 fully saturated rings. The van der Waals surface area contributed by atoms with Gasteiger partial charge in [0.2, 0.25) is 0 Å². The largest absolute Gasteiger partial charge is 0.330 e. The predicted octanol–water partition coefficient (Wildman–Crippen LogP) is 1.26. The van der Waals surface area contributed by atoms with Gasteiger partial charge in [-0.25, -0.2) is 0 Å². The standard InChI is InChI=1S/C10H20N2/c11-6-5-9-7-8-3-1-2-4-10(8)12-9/h8-10,12H,1-7,11H2/t8-,9+,10-/m0/s1. The van der Waals surface area contributed by atoms with Crippen molar-refractivity contribution >= 4 is 0 Å². The van der Waals surface area contributed by atoms with Crippen LogP contribution in [0.15, 0.2) is 0 Å². The van der Waals surface area contributed by atoms with E-state index >= 15 is 0 Å². The predicted molar refractivity (Wildman–Crippen MR) is 51.0 cm³/mol. The molecule has 0 amide bonds. The van der Waals surface area contributed by atoms with Crippen molar-refractivity contribution in [3.63, 3.8) is 0 Å². The molecule has 0 radical (unpaired) electrons. The third-order valence-electron chi connectivity index (χ3n) is 3.46. The van der Waals surface area contributed by atoms with E-state index < -0.39 is 0 Å². The van der Waals surface area contributed by atoms with Crippen LogP contribution in [0.4, 0.5) is 0 Å². The molecule has 2 aliphatic rings. The number of hydrogen-bond donors (Lipinski definition) is 2. The second-order valence-corrected chi connectivity index (χ2v) is 4.33. The highest BCUT2D eigenvalue weighted by Crippen LogP contribution is 2.33. The van der Waals surface area contributed by atoms with Gasteiger partial charge in [-0.2, -0.15) is 0 Å². The summed E-state index contributed by atoms with van der Waals surface area (Å²) in [5, 5.41) is 3.71. The average molecular weight is 168 g/mol. The van der Waals surface area contributed by atoms with Crippen molar-refractivity contribution in [2.45, 2.75) is 50.6 Å².